The number of carboxylic acid groups (broad SMARTS) is 1. The first-order valence-corrected chi connectivity index (χ1v) is 6.18. The van der Waals surface area contributed by atoms with Crippen LogP contribution in [0.1, 0.15) is 18.5 Å². The van der Waals surface area contributed by atoms with Gasteiger partial charge in [-0.25, -0.2) is 4.98 Å². The normalized spacial score (nSPS) is 22.1. The average molecular weight is 241 g/mol. The van der Waals surface area contributed by atoms with E-state index in [2.05, 4.69) is 9.88 Å². The third-order valence-corrected chi connectivity index (χ3v) is 3.53. The van der Waals surface area contributed by atoms with Crippen LogP contribution >= 0.6 is 11.3 Å². The lowest BCUT2D eigenvalue weighted by atomic mass is 9.98. The highest BCUT2D eigenvalue weighted by Crippen LogP contribution is 2.20. The van der Waals surface area contributed by atoms with E-state index in [9.17, 15) is 4.79 Å². The number of thiazole rings is 1. The Bertz CT molecular complexity index is 380. The molecule has 1 aliphatic rings. The van der Waals surface area contributed by atoms with Crippen LogP contribution in [0.15, 0.2) is 5.38 Å². The zero-order valence-corrected chi connectivity index (χ0v) is 9.74. The molecule has 0 aromatic carbocycles. The van der Waals surface area contributed by atoms with E-state index in [0.29, 0.717) is 18.2 Å². The Morgan fingerprint density at radius 3 is 3.19 bits per heavy atom. The van der Waals surface area contributed by atoms with Crippen molar-refractivity contribution in [1.82, 2.24) is 9.88 Å². The first-order chi connectivity index (χ1) is 7.65. The Balaban J connectivity index is 1.92. The maximum Gasteiger partial charge on any atom is 0.307 e. The molecular weight excluding hydrogens is 226 g/mol. The Kier molecular flexibility index (Phi) is 3.40. The third-order valence-electron chi connectivity index (χ3n) is 2.81. The number of aromatic nitrogens is 1. The second kappa shape index (κ2) is 4.80. The highest BCUT2D eigenvalue weighted by molar-refractivity contribution is 7.13. The molecule has 0 bridgehead atoms. The molecule has 16 heavy (non-hydrogen) atoms. The quantitative estimate of drug-likeness (QED) is 0.826. The van der Waals surface area contributed by atoms with Crippen molar-refractivity contribution in [2.75, 3.05) is 18.8 Å². The fraction of sp³-hybridized carbons (Fsp3) is 0.600. The number of aliphatic carboxylic acids is 1. The molecule has 6 heteroatoms. The molecule has 0 unspecified atom stereocenters. The highest BCUT2D eigenvalue weighted by Gasteiger charge is 2.25. The monoisotopic (exact) mass is 241 g/mol. The molecule has 0 radical (unpaired) electrons. The number of likely N-dealkylation sites (tertiary alicyclic amines) is 1. The van der Waals surface area contributed by atoms with Gasteiger partial charge in [0.25, 0.3) is 0 Å². The van der Waals surface area contributed by atoms with Crippen LogP contribution in [-0.2, 0) is 11.3 Å². The number of anilines is 1. The molecule has 2 rings (SSSR count). The first-order valence-electron chi connectivity index (χ1n) is 5.30. The number of carbonyl (C=O) groups is 1. The smallest absolute Gasteiger partial charge is 0.307 e. The molecular formula is C10H15N3O2S. The fourth-order valence-electron chi connectivity index (χ4n) is 2.03. The molecule has 1 aliphatic heterocycles. The lowest BCUT2D eigenvalue weighted by Gasteiger charge is -2.29. The Labute approximate surface area is 97.9 Å². The largest absolute Gasteiger partial charge is 0.481 e. The van der Waals surface area contributed by atoms with E-state index in [1.165, 1.54) is 11.3 Å². The van der Waals surface area contributed by atoms with E-state index in [4.69, 9.17) is 10.8 Å². The van der Waals surface area contributed by atoms with Gasteiger partial charge in [0.05, 0.1) is 11.6 Å². The number of nitrogen functional groups attached to an aromatic ring is 1. The van der Waals surface area contributed by atoms with Crippen molar-refractivity contribution in [1.29, 1.82) is 0 Å². The molecule has 1 aromatic rings. The topological polar surface area (TPSA) is 79.5 Å². The van der Waals surface area contributed by atoms with E-state index in [1.54, 1.807) is 0 Å². The number of hydrogen-bond acceptors (Lipinski definition) is 5. The molecule has 1 fully saturated rings. The standard InChI is InChI=1S/C10H15N3O2S/c11-10-12-8(6-16-10)5-13-3-1-2-7(4-13)9(14)15/h6-7H,1-5H2,(H2,11,12)(H,14,15)/t7-/m1/s1. The van der Waals surface area contributed by atoms with Gasteiger partial charge < -0.3 is 10.8 Å². The summed E-state index contributed by atoms with van der Waals surface area (Å²) in [5.41, 5.74) is 6.49. The molecule has 0 amide bonds. The van der Waals surface area contributed by atoms with Crippen molar-refractivity contribution in [2.45, 2.75) is 19.4 Å². The lowest BCUT2D eigenvalue weighted by Crippen LogP contribution is -2.38. The van der Waals surface area contributed by atoms with Gasteiger partial charge in [0, 0.05) is 18.5 Å². The molecule has 88 valence electrons. The summed E-state index contributed by atoms with van der Waals surface area (Å²) in [5, 5.41) is 11.5. The maximum atomic E-state index is 10.9. The van der Waals surface area contributed by atoms with Gasteiger partial charge in [-0.15, -0.1) is 11.3 Å². The summed E-state index contributed by atoms with van der Waals surface area (Å²) < 4.78 is 0. The van der Waals surface area contributed by atoms with Crippen molar-refractivity contribution in [2.24, 2.45) is 5.92 Å². The van der Waals surface area contributed by atoms with Gasteiger partial charge in [0.2, 0.25) is 0 Å². The summed E-state index contributed by atoms with van der Waals surface area (Å²) >= 11 is 1.42. The molecule has 1 aromatic heterocycles. The summed E-state index contributed by atoms with van der Waals surface area (Å²) in [4.78, 5) is 17.2. The molecule has 0 spiro atoms. The molecule has 3 N–H and O–H groups in total. The number of rotatable bonds is 3. The predicted octanol–water partition coefficient (Wildman–Crippen LogP) is 1.02. The van der Waals surface area contributed by atoms with Crippen molar-refractivity contribution in [3.8, 4) is 0 Å². The maximum absolute atomic E-state index is 10.9. The Morgan fingerprint density at radius 1 is 1.75 bits per heavy atom. The minimum atomic E-state index is -0.692. The second-order valence-electron chi connectivity index (χ2n) is 4.09. The van der Waals surface area contributed by atoms with Crippen LogP contribution in [0.3, 0.4) is 0 Å². The molecule has 1 atom stereocenters. The average Bonchev–Trinajstić information content (AvgIpc) is 2.64. The molecule has 0 aliphatic carbocycles. The summed E-state index contributed by atoms with van der Waals surface area (Å²) in [7, 11) is 0. The van der Waals surface area contributed by atoms with Gasteiger partial charge >= 0.3 is 5.97 Å². The molecule has 1 saturated heterocycles. The van der Waals surface area contributed by atoms with Crippen LogP contribution in [0.5, 0.6) is 0 Å². The second-order valence-corrected chi connectivity index (χ2v) is 4.98. The summed E-state index contributed by atoms with van der Waals surface area (Å²) in [6.07, 6.45) is 1.72. The van der Waals surface area contributed by atoms with Crippen LogP contribution in [-0.4, -0.2) is 34.0 Å². The molecule has 5 nitrogen and oxygen atoms in total. The van der Waals surface area contributed by atoms with Crippen molar-refractivity contribution >= 4 is 22.4 Å². The molecule has 2 heterocycles. The van der Waals surface area contributed by atoms with E-state index < -0.39 is 5.97 Å². The van der Waals surface area contributed by atoms with Gasteiger partial charge in [-0.3, -0.25) is 9.69 Å². The van der Waals surface area contributed by atoms with Crippen molar-refractivity contribution in [3.05, 3.63) is 11.1 Å². The minimum absolute atomic E-state index is 0.232. The first kappa shape index (κ1) is 11.3. The Morgan fingerprint density at radius 2 is 2.56 bits per heavy atom. The number of piperidine rings is 1. The van der Waals surface area contributed by atoms with E-state index in [-0.39, 0.29) is 5.92 Å². The zero-order chi connectivity index (χ0) is 11.5. The van der Waals surface area contributed by atoms with Crippen LogP contribution in [0.2, 0.25) is 0 Å². The van der Waals surface area contributed by atoms with Crippen molar-refractivity contribution in [3.63, 3.8) is 0 Å². The lowest BCUT2D eigenvalue weighted by molar-refractivity contribution is -0.143. The van der Waals surface area contributed by atoms with E-state index >= 15 is 0 Å². The zero-order valence-electron chi connectivity index (χ0n) is 8.93. The van der Waals surface area contributed by atoms with Crippen LogP contribution in [0, 0.1) is 5.92 Å². The van der Waals surface area contributed by atoms with Gasteiger partial charge in [0.1, 0.15) is 0 Å². The highest BCUT2D eigenvalue weighted by atomic mass is 32.1. The number of nitrogens with two attached hydrogens (primary N) is 1. The summed E-state index contributed by atoms with van der Waals surface area (Å²) in [6, 6.07) is 0. The van der Waals surface area contributed by atoms with Gasteiger partial charge in [-0.1, -0.05) is 0 Å². The number of nitrogens with zero attached hydrogens (tertiary/aromatic N) is 2. The van der Waals surface area contributed by atoms with E-state index in [1.807, 2.05) is 5.38 Å². The van der Waals surface area contributed by atoms with E-state index in [0.717, 1.165) is 25.1 Å². The molecule has 0 saturated carbocycles. The third kappa shape index (κ3) is 2.70. The van der Waals surface area contributed by atoms with Gasteiger partial charge in [-0.05, 0) is 19.4 Å². The minimum Gasteiger partial charge on any atom is -0.481 e. The van der Waals surface area contributed by atoms with Crippen LogP contribution < -0.4 is 5.73 Å². The van der Waals surface area contributed by atoms with Gasteiger partial charge in [-0.2, -0.15) is 0 Å². The van der Waals surface area contributed by atoms with Crippen LogP contribution in [0.4, 0.5) is 5.13 Å². The SMILES string of the molecule is Nc1nc(CN2CCC[C@@H](C(=O)O)C2)cs1. The van der Waals surface area contributed by atoms with Crippen LogP contribution in [0.25, 0.3) is 0 Å². The summed E-state index contributed by atoms with van der Waals surface area (Å²) in [5.74, 6) is -0.924. The number of carboxylic acids is 1. The fourth-order valence-corrected chi connectivity index (χ4v) is 2.58. The van der Waals surface area contributed by atoms with Crippen molar-refractivity contribution < 1.29 is 9.90 Å². The summed E-state index contributed by atoms with van der Waals surface area (Å²) in [6.45, 7) is 2.27. The predicted molar refractivity (Wildman–Crippen MR) is 62.2 cm³/mol. The Hall–Kier alpha value is -1.14. The van der Waals surface area contributed by atoms with Gasteiger partial charge in [0.15, 0.2) is 5.13 Å². The number of hydrogen-bond donors (Lipinski definition) is 2.